The Morgan fingerprint density at radius 2 is 1.95 bits per heavy atom. The van der Waals surface area contributed by atoms with E-state index in [1.807, 2.05) is 6.07 Å². The number of rotatable bonds is 4. The predicted molar refractivity (Wildman–Crippen MR) is 86.9 cm³/mol. The largest absolute Gasteiger partial charge is 0.488 e. The average molecular weight is 281 g/mol. The molecule has 21 heavy (non-hydrogen) atoms. The third-order valence-corrected chi connectivity index (χ3v) is 4.45. The summed E-state index contributed by atoms with van der Waals surface area (Å²) in [5, 5.41) is 3.62. The molecule has 2 aromatic carbocycles. The van der Waals surface area contributed by atoms with E-state index in [9.17, 15) is 0 Å². The first kappa shape index (κ1) is 14.2. The van der Waals surface area contributed by atoms with Crippen molar-refractivity contribution in [2.75, 3.05) is 6.54 Å². The second kappa shape index (κ2) is 5.90. The minimum atomic E-state index is 0.169. The summed E-state index contributed by atoms with van der Waals surface area (Å²) in [5.41, 5.74) is 5.37. The Morgan fingerprint density at radius 3 is 2.71 bits per heavy atom. The summed E-state index contributed by atoms with van der Waals surface area (Å²) < 4.78 is 6.21. The maximum absolute atomic E-state index is 6.21. The minimum absolute atomic E-state index is 0.169. The van der Waals surface area contributed by atoms with Gasteiger partial charge in [0.1, 0.15) is 11.9 Å². The van der Waals surface area contributed by atoms with Crippen LogP contribution in [0.4, 0.5) is 0 Å². The van der Waals surface area contributed by atoms with Gasteiger partial charge < -0.3 is 10.1 Å². The van der Waals surface area contributed by atoms with Crippen LogP contribution in [0.25, 0.3) is 0 Å². The van der Waals surface area contributed by atoms with Crippen molar-refractivity contribution in [2.45, 2.75) is 39.3 Å². The van der Waals surface area contributed by atoms with Gasteiger partial charge in [0.05, 0.1) is 6.04 Å². The third kappa shape index (κ3) is 2.68. The van der Waals surface area contributed by atoms with E-state index in [1.54, 1.807) is 0 Å². The van der Waals surface area contributed by atoms with Gasteiger partial charge in [-0.1, -0.05) is 43.3 Å². The SMILES string of the molecule is CCNC(c1cccc(C)c1C)C1Cc2ccccc2O1. The standard InChI is InChI=1S/C19H23NO/c1-4-20-19(16-10-7-8-13(2)14(16)3)18-12-15-9-5-6-11-17(15)21-18/h5-11,18-20H,4,12H2,1-3H3. The fraction of sp³-hybridized carbons (Fsp3) is 0.368. The van der Waals surface area contributed by atoms with E-state index in [2.05, 4.69) is 62.5 Å². The molecule has 2 unspecified atom stereocenters. The highest BCUT2D eigenvalue weighted by Gasteiger charge is 2.31. The average Bonchev–Trinajstić information content (AvgIpc) is 2.91. The molecule has 0 radical (unpaired) electrons. The van der Waals surface area contributed by atoms with Gasteiger partial charge in [0.25, 0.3) is 0 Å². The molecule has 3 rings (SSSR count). The van der Waals surface area contributed by atoms with Gasteiger partial charge >= 0.3 is 0 Å². The van der Waals surface area contributed by atoms with Gasteiger partial charge in [-0.05, 0) is 48.7 Å². The summed E-state index contributed by atoms with van der Waals surface area (Å²) >= 11 is 0. The highest BCUT2D eigenvalue weighted by atomic mass is 16.5. The van der Waals surface area contributed by atoms with E-state index in [0.717, 1.165) is 18.7 Å². The summed E-state index contributed by atoms with van der Waals surface area (Å²) in [4.78, 5) is 0. The maximum atomic E-state index is 6.21. The molecule has 0 fully saturated rings. The summed E-state index contributed by atoms with van der Waals surface area (Å²) in [7, 11) is 0. The lowest BCUT2D eigenvalue weighted by Crippen LogP contribution is -2.35. The van der Waals surface area contributed by atoms with E-state index in [1.165, 1.54) is 22.3 Å². The smallest absolute Gasteiger partial charge is 0.123 e. The molecule has 2 nitrogen and oxygen atoms in total. The van der Waals surface area contributed by atoms with E-state index in [-0.39, 0.29) is 12.1 Å². The minimum Gasteiger partial charge on any atom is -0.488 e. The zero-order chi connectivity index (χ0) is 14.8. The number of para-hydroxylation sites is 1. The van der Waals surface area contributed by atoms with Crippen molar-refractivity contribution < 1.29 is 4.74 Å². The molecule has 0 aliphatic carbocycles. The van der Waals surface area contributed by atoms with Gasteiger partial charge in [0, 0.05) is 6.42 Å². The molecular weight excluding hydrogens is 258 g/mol. The number of benzene rings is 2. The molecule has 2 heteroatoms. The highest BCUT2D eigenvalue weighted by Crippen LogP contribution is 2.35. The molecule has 1 aliphatic rings. The van der Waals surface area contributed by atoms with Crippen LogP contribution >= 0.6 is 0 Å². The second-order valence-corrected chi connectivity index (χ2v) is 5.79. The molecular formula is C19H23NO. The van der Waals surface area contributed by atoms with Crippen molar-refractivity contribution in [1.82, 2.24) is 5.32 Å². The number of likely N-dealkylation sites (N-methyl/N-ethyl adjacent to an activating group) is 1. The topological polar surface area (TPSA) is 21.3 Å². The first-order valence-electron chi connectivity index (χ1n) is 7.74. The van der Waals surface area contributed by atoms with Crippen LogP contribution in [0.2, 0.25) is 0 Å². The van der Waals surface area contributed by atoms with E-state index in [0.29, 0.717) is 0 Å². The molecule has 0 amide bonds. The Kier molecular flexibility index (Phi) is 3.98. The number of hydrogen-bond donors (Lipinski definition) is 1. The fourth-order valence-corrected chi connectivity index (χ4v) is 3.17. The highest BCUT2D eigenvalue weighted by molar-refractivity contribution is 5.41. The van der Waals surface area contributed by atoms with Crippen molar-refractivity contribution in [3.63, 3.8) is 0 Å². The van der Waals surface area contributed by atoms with Gasteiger partial charge in [-0.25, -0.2) is 0 Å². The molecule has 0 aromatic heterocycles. The Morgan fingerprint density at radius 1 is 1.14 bits per heavy atom. The lowest BCUT2D eigenvalue weighted by atomic mass is 9.92. The molecule has 0 saturated heterocycles. The van der Waals surface area contributed by atoms with Crippen LogP contribution in [0.5, 0.6) is 5.75 Å². The monoisotopic (exact) mass is 281 g/mol. The number of fused-ring (bicyclic) bond motifs is 1. The van der Waals surface area contributed by atoms with Gasteiger partial charge in [0.2, 0.25) is 0 Å². The lowest BCUT2D eigenvalue weighted by Gasteiger charge is -2.26. The van der Waals surface area contributed by atoms with Crippen LogP contribution in [0.15, 0.2) is 42.5 Å². The van der Waals surface area contributed by atoms with E-state index in [4.69, 9.17) is 4.74 Å². The van der Waals surface area contributed by atoms with Crippen molar-refractivity contribution in [2.24, 2.45) is 0 Å². The third-order valence-electron chi connectivity index (χ3n) is 4.45. The van der Waals surface area contributed by atoms with Crippen LogP contribution < -0.4 is 10.1 Å². The van der Waals surface area contributed by atoms with Crippen LogP contribution in [-0.4, -0.2) is 12.6 Å². The zero-order valence-corrected chi connectivity index (χ0v) is 13.0. The molecule has 2 atom stereocenters. The maximum Gasteiger partial charge on any atom is 0.123 e. The first-order chi connectivity index (χ1) is 10.2. The summed E-state index contributed by atoms with van der Waals surface area (Å²) in [5.74, 6) is 1.04. The normalized spacial score (nSPS) is 18.1. The molecule has 1 heterocycles. The van der Waals surface area contributed by atoms with Gasteiger partial charge in [-0.2, -0.15) is 0 Å². The summed E-state index contributed by atoms with van der Waals surface area (Å²) in [6, 6.07) is 15.1. The van der Waals surface area contributed by atoms with Gasteiger partial charge in [-0.15, -0.1) is 0 Å². The van der Waals surface area contributed by atoms with Crippen molar-refractivity contribution in [3.8, 4) is 5.75 Å². The number of aryl methyl sites for hydroxylation is 1. The van der Waals surface area contributed by atoms with Crippen molar-refractivity contribution in [1.29, 1.82) is 0 Å². The Labute approximate surface area is 127 Å². The Balaban J connectivity index is 1.91. The number of ether oxygens (including phenoxy) is 1. The zero-order valence-electron chi connectivity index (χ0n) is 13.0. The van der Waals surface area contributed by atoms with Gasteiger partial charge in [-0.3, -0.25) is 0 Å². The second-order valence-electron chi connectivity index (χ2n) is 5.79. The van der Waals surface area contributed by atoms with Crippen molar-refractivity contribution >= 4 is 0 Å². The van der Waals surface area contributed by atoms with Gasteiger partial charge in [0.15, 0.2) is 0 Å². The molecule has 0 saturated carbocycles. The lowest BCUT2D eigenvalue weighted by molar-refractivity contribution is 0.179. The Bertz CT molecular complexity index is 610. The van der Waals surface area contributed by atoms with E-state index < -0.39 is 0 Å². The summed E-state index contributed by atoms with van der Waals surface area (Å²) in [6.45, 7) is 7.47. The molecule has 0 bridgehead atoms. The Hall–Kier alpha value is -1.80. The quantitative estimate of drug-likeness (QED) is 0.916. The summed E-state index contributed by atoms with van der Waals surface area (Å²) in [6.07, 6.45) is 1.14. The fourth-order valence-electron chi connectivity index (χ4n) is 3.17. The van der Waals surface area contributed by atoms with Crippen LogP contribution in [0, 0.1) is 13.8 Å². The molecule has 2 aromatic rings. The molecule has 1 aliphatic heterocycles. The number of hydrogen-bond acceptors (Lipinski definition) is 2. The van der Waals surface area contributed by atoms with Crippen LogP contribution in [0.3, 0.4) is 0 Å². The molecule has 0 spiro atoms. The van der Waals surface area contributed by atoms with Crippen LogP contribution in [0.1, 0.15) is 35.2 Å². The first-order valence-corrected chi connectivity index (χ1v) is 7.74. The van der Waals surface area contributed by atoms with E-state index >= 15 is 0 Å². The number of nitrogens with one attached hydrogen (secondary N) is 1. The van der Waals surface area contributed by atoms with Crippen LogP contribution in [-0.2, 0) is 6.42 Å². The molecule has 1 N–H and O–H groups in total. The predicted octanol–water partition coefficient (Wildman–Crippen LogP) is 3.96. The molecule has 110 valence electrons. The van der Waals surface area contributed by atoms with Crippen molar-refractivity contribution in [3.05, 3.63) is 64.7 Å².